The predicted molar refractivity (Wildman–Crippen MR) is 96.9 cm³/mol. The van der Waals surface area contributed by atoms with Crippen molar-refractivity contribution in [2.45, 2.75) is 64.1 Å². The molecular weight excluding hydrogens is 328 g/mol. The van der Waals surface area contributed by atoms with E-state index in [-0.39, 0.29) is 17.4 Å². The van der Waals surface area contributed by atoms with Gasteiger partial charge in [-0.05, 0) is 51.5 Å². The van der Waals surface area contributed by atoms with Crippen LogP contribution in [0.1, 0.15) is 56.5 Å². The maximum atomic E-state index is 13.2. The van der Waals surface area contributed by atoms with Gasteiger partial charge in [-0.1, -0.05) is 18.7 Å². The summed E-state index contributed by atoms with van der Waals surface area (Å²) >= 11 is 3.05. The van der Waals surface area contributed by atoms with Crippen molar-refractivity contribution in [3.63, 3.8) is 0 Å². The van der Waals surface area contributed by atoms with Crippen LogP contribution in [0.2, 0.25) is 0 Å². The Morgan fingerprint density at radius 3 is 2.83 bits per heavy atom. The van der Waals surface area contributed by atoms with Crippen LogP contribution < -0.4 is 5.56 Å². The van der Waals surface area contributed by atoms with Gasteiger partial charge in [-0.25, -0.2) is 4.98 Å². The average Bonchev–Trinajstić information content (AvgIpc) is 2.90. The zero-order valence-electron chi connectivity index (χ0n) is 13.8. The number of hydrogen-bond donors (Lipinski definition) is 0. The molecule has 0 aromatic carbocycles. The van der Waals surface area contributed by atoms with Gasteiger partial charge in [0.2, 0.25) is 0 Å². The molecule has 0 saturated carbocycles. The molecule has 0 saturated heterocycles. The number of carbonyl (C=O) groups excluding carboxylic acids is 1. The monoisotopic (exact) mass is 350 g/mol. The molecule has 0 radical (unpaired) electrons. The second-order valence-corrected chi connectivity index (χ2v) is 8.23. The van der Waals surface area contributed by atoms with Crippen molar-refractivity contribution in [1.82, 2.24) is 9.55 Å². The molecule has 4 nitrogen and oxygen atoms in total. The Labute approximate surface area is 144 Å². The van der Waals surface area contributed by atoms with Crippen LogP contribution in [-0.2, 0) is 17.6 Å². The van der Waals surface area contributed by atoms with Gasteiger partial charge in [0.15, 0.2) is 5.16 Å². The number of rotatable bonds is 5. The number of carbonyl (C=O) groups is 1. The normalized spacial score (nSPS) is 15.6. The van der Waals surface area contributed by atoms with Gasteiger partial charge in [0.25, 0.3) is 5.56 Å². The first-order valence-electron chi connectivity index (χ1n) is 8.22. The molecule has 0 spiro atoms. The van der Waals surface area contributed by atoms with Crippen molar-refractivity contribution < 1.29 is 4.79 Å². The van der Waals surface area contributed by atoms with Crippen LogP contribution >= 0.6 is 23.1 Å². The summed E-state index contributed by atoms with van der Waals surface area (Å²) in [6.45, 7) is 5.69. The fraction of sp³-hybridized carbons (Fsp3) is 0.588. The first kappa shape index (κ1) is 16.7. The molecule has 2 aromatic rings. The van der Waals surface area contributed by atoms with Gasteiger partial charge in [-0.15, -0.1) is 11.3 Å². The second-order valence-electron chi connectivity index (χ2n) is 6.21. The molecule has 2 aromatic heterocycles. The molecule has 1 atom stereocenters. The van der Waals surface area contributed by atoms with Crippen molar-refractivity contribution >= 4 is 39.1 Å². The number of Topliss-reactive ketones (excluding diaryl/α,β-unsaturated/α-hetero) is 1. The van der Waals surface area contributed by atoms with Gasteiger partial charge in [0.05, 0.1) is 11.1 Å². The molecule has 0 amide bonds. The molecule has 1 aliphatic rings. The van der Waals surface area contributed by atoms with E-state index in [1.165, 1.54) is 28.6 Å². The molecule has 124 valence electrons. The van der Waals surface area contributed by atoms with Gasteiger partial charge < -0.3 is 0 Å². The highest BCUT2D eigenvalue weighted by Crippen LogP contribution is 2.35. The lowest BCUT2D eigenvalue weighted by Gasteiger charge is -2.17. The highest BCUT2D eigenvalue weighted by Gasteiger charge is 2.23. The number of aromatic nitrogens is 2. The van der Waals surface area contributed by atoms with Crippen LogP contribution in [0.5, 0.6) is 0 Å². The van der Waals surface area contributed by atoms with E-state index >= 15 is 0 Å². The smallest absolute Gasteiger partial charge is 0.263 e. The molecule has 0 aliphatic heterocycles. The Morgan fingerprint density at radius 1 is 1.39 bits per heavy atom. The molecule has 3 rings (SSSR count). The standard InChI is InChI=1S/C17H22N2O2S2/c1-4-10(2)19-16(21)14-12-7-5-6-8-13(12)23-15(14)18-17(19)22-9-11(3)20/h10H,4-9H2,1-3H3/t10-/m1/s1. The third-order valence-electron chi connectivity index (χ3n) is 4.42. The third-order valence-corrected chi connectivity index (χ3v) is 6.71. The van der Waals surface area contributed by atoms with Crippen molar-refractivity contribution in [2.24, 2.45) is 0 Å². The van der Waals surface area contributed by atoms with Crippen LogP contribution in [0, 0.1) is 0 Å². The van der Waals surface area contributed by atoms with Gasteiger partial charge in [-0.3, -0.25) is 14.2 Å². The van der Waals surface area contributed by atoms with Crippen LogP contribution in [0.3, 0.4) is 0 Å². The van der Waals surface area contributed by atoms with E-state index in [1.807, 2.05) is 6.92 Å². The van der Waals surface area contributed by atoms with Crippen molar-refractivity contribution in [3.8, 4) is 0 Å². The topological polar surface area (TPSA) is 52.0 Å². The minimum Gasteiger partial charge on any atom is -0.299 e. The summed E-state index contributed by atoms with van der Waals surface area (Å²) in [5, 5.41) is 1.52. The van der Waals surface area contributed by atoms with Crippen molar-refractivity contribution in [2.75, 3.05) is 5.75 Å². The van der Waals surface area contributed by atoms with E-state index in [0.29, 0.717) is 10.9 Å². The average molecular weight is 351 g/mol. The Balaban J connectivity index is 2.21. The molecule has 1 aliphatic carbocycles. The summed E-state index contributed by atoms with van der Waals surface area (Å²) in [7, 11) is 0. The summed E-state index contributed by atoms with van der Waals surface area (Å²) in [5.41, 5.74) is 1.31. The lowest BCUT2D eigenvalue weighted by atomic mass is 9.97. The van der Waals surface area contributed by atoms with Crippen molar-refractivity contribution in [1.29, 1.82) is 0 Å². The van der Waals surface area contributed by atoms with Crippen LogP contribution in [0.15, 0.2) is 9.95 Å². The van der Waals surface area contributed by atoms with Gasteiger partial charge in [0.1, 0.15) is 10.6 Å². The maximum absolute atomic E-state index is 13.2. The molecule has 2 heterocycles. The molecule has 0 unspecified atom stereocenters. The Bertz CT molecular complexity index is 807. The number of thiophene rings is 1. The molecular formula is C17H22N2O2S2. The summed E-state index contributed by atoms with van der Waals surface area (Å²) in [6.07, 6.45) is 5.28. The molecule has 6 heteroatoms. The Morgan fingerprint density at radius 2 is 2.13 bits per heavy atom. The zero-order valence-corrected chi connectivity index (χ0v) is 15.5. The van der Waals surface area contributed by atoms with Crippen LogP contribution in [0.4, 0.5) is 0 Å². The van der Waals surface area contributed by atoms with E-state index in [4.69, 9.17) is 4.98 Å². The summed E-state index contributed by atoms with van der Waals surface area (Å²) < 4.78 is 1.80. The Kier molecular flexibility index (Phi) is 4.92. The summed E-state index contributed by atoms with van der Waals surface area (Å²) in [4.78, 5) is 31.5. The van der Waals surface area contributed by atoms with Gasteiger partial charge >= 0.3 is 0 Å². The van der Waals surface area contributed by atoms with E-state index in [0.717, 1.165) is 35.9 Å². The van der Waals surface area contributed by atoms with Crippen molar-refractivity contribution in [3.05, 3.63) is 20.8 Å². The number of hydrogen-bond acceptors (Lipinski definition) is 5. The van der Waals surface area contributed by atoms with Crippen LogP contribution in [0.25, 0.3) is 10.2 Å². The van der Waals surface area contributed by atoms with Gasteiger partial charge in [-0.2, -0.15) is 0 Å². The second kappa shape index (κ2) is 6.77. The summed E-state index contributed by atoms with van der Waals surface area (Å²) in [6, 6.07) is 0.0907. The fourth-order valence-corrected chi connectivity index (χ4v) is 5.24. The first-order chi connectivity index (χ1) is 11.0. The van der Waals surface area contributed by atoms with Gasteiger partial charge in [0, 0.05) is 10.9 Å². The number of aryl methyl sites for hydroxylation is 2. The number of thioether (sulfide) groups is 1. The number of nitrogens with zero attached hydrogens (tertiary/aromatic N) is 2. The minimum absolute atomic E-state index is 0.0785. The minimum atomic E-state index is 0.0785. The predicted octanol–water partition coefficient (Wildman–Crippen LogP) is 3.99. The van der Waals surface area contributed by atoms with E-state index in [2.05, 4.69) is 6.92 Å². The first-order valence-corrected chi connectivity index (χ1v) is 10.0. The third kappa shape index (κ3) is 3.11. The molecule has 23 heavy (non-hydrogen) atoms. The van der Waals surface area contributed by atoms with Crippen LogP contribution in [-0.4, -0.2) is 21.1 Å². The Hall–Kier alpha value is -1.14. The lowest BCUT2D eigenvalue weighted by molar-refractivity contribution is -0.114. The lowest BCUT2D eigenvalue weighted by Crippen LogP contribution is -2.26. The maximum Gasteiger partial charge on any atom is 0.263 e. The largest absolute Gasteiger partial charge is 0.299 e. The van der Waals surface area contributed by atoms with E-state index in [1.54, 1.807) is 22.8 Å². The highest BCUT2D eigenvalue weighted by atomic mass is 32.2. The van der Waals surface area contributed by atoms with E-state index in [9.17, 15) is 9.59 Å². The van der Waals surface area contributed by atoms with E-state index < -0.39 is 0 Å². The molecule has 0 bridgehead atoms. The molecule has 0 fully saturated rings. The number of ketones is 1. The quantitative estimate of drug-likeness (QED) is 0.604. The fourth-order valence-electron chi connectivity index (χ4n) is 3.04. The summed E-state index contributed by atoms with van der Waals surface area (Å²) in [5.74, 6) is 0.463. The highest BCUT2D eigenvalue weighted by molar-refractivity contribution is 7.99. The molecule has 0 N–H and O–H groups in total. The SMILES string of the molecule is CC[C@@H](C)n1c(SCC(C)=O)nc2sc3c(c2c1=O)CCCC3. The number of fused-ring (bicyclic) bond motifs is 3. The zero-order chi connectivity index (χ0) is 16.6.